The van der Waals surface area contributed by atoms with Crippen molar-refractivity contribution in [2.45, 2.75) is 23.4 Å². The molecule has 0 N–H and O–H groups in total. The normalized spacial score (nSPS) is 21.4. The third-order valence-electron chi connectivity index (χ3n) is 4.45. The van der Waals surface area contributed by atoms with Gasteiger partial charge in [0.25, 0.3) is 0 Å². The second kappa shape index (κ2) is 7.31. The molecule has 0 aliphatic carbocycles. The Hall–Kier alpha value is -1.23. The number of nitrogens with zero attached hydrogens (tertiary/aromatic N) is 3. The summed E-state index contributed by atoms with van der Waals surface area (Å²) in [5.74, 6) is -1.30. The number of aromatic nitrogens is 3. The first kappa shape index (κ1) is 19.1. The highest BCUT2D eigenvalue weighted by Crippen LogP contribution is 2.59. The van der Waals surface area contributed by atoms with Crippen LogP contribution in [0, 0.1) is 15.5 Å². The lowest BCUT2D eigenvalue weighted by Gasteiger charge is -2.16. The van der Waals surface area contributed by atoms with Crippen molar-refractivity contribution in [2.75, 3.05) is 6.26 Å². The van der Waals surface area contributed by atoms with E-state index >= 15 is 0 Å². The minimum Gasteiger partial charge on any atom is -0.354 e. The molecule has 2 aromatic carbocycles. The highest BCUT2D eigenvalue weighted by Gasteiger charge is 2.61. The Balaban J connectivity index is 1.81. The fraction of sp³-hybridized carbons (Fsp3) is 0.222. The zero-order valence-electron chi connectivity index (χ0n) is 14.0. The Kier molecular flexibility index (Phi) is 5.17. The van der Waals surface area contributed by atoms with Gasteiger partial charge in [-0.25, -0.2) is 13.5 Å². The Bertz CT molecular complexity index is 1020. The number of benzene rings is 2. The van der Waals surface area contributed by atoms with E-state index in [9.17, 15) is 8.78 Å². The van der Waals surface area contributed by atoms with Crippen molar-refractivity contribution in [2.24, 2.45) is 0 Å². The molecule has 140 valence electrons. The molecular formula is C18H13ClF2IN3OS. The Morgan fingerprint density at radius 1 is 1.30 bits per heavy atom. The Morgan fingerprint density at radius 3 is 2.78 bits per heavy atom. The lowest BCUT2D eigenvalue weighted by Crippen LogP contribution is -2.22. The standard InChI is InChI=1S/C18H13ClF2IN3OS/c1-27-17-23-16(22)24-25(17)9-18(12-7-6-10(20)8-14(12)21)15(26-18)11-4-2-3-5-13(11)19/h2-8,15H,9H2,1H3/t15-,18-/m0/s1. The van der Waals surface area contributed by atoms with Crippen LogP contribution in [0.1, 0.15) is 17.2 Å². The number of epoxide rings is 1. The molecule has 1 saturated heterocycles. The van der Waals surface area contributed by atoms with Gasteiger partial charge in [-0.3, -0.25) is 0 Å². The van der Waals surface area contributed by atoms with Crippen LogP contribution >= 0.6 is 46.0 Å². The molecule has 1 aliphatic heterocycles. The van der Waals surface area contributed by atoms with Gasteiger partial charge in [0.1, 0.15) is 23.3 Å². The quantitative estimate of drug-likeness (QED) is 0.264. The summed E-state index contributed by atoms with van der Waals surface area (Å²) >= 11 is 9.79. The largest absolute Gasteiger partial charge is 0.354 e. The first-order valence-electron chi connectivity index (χ1n) is 7.97. The average Bonchev–Trinajstić information content (AvgIpc) is 3.22. The summed E-state index contributed by atoms with van der Waals surface area (Å²) in [6.07, 6.45) is 1.42. The van der Waals surface area contributed by atoms with Gasteiger partial charge in [-0.1, -0.05) is 47.6 Å². The van der Waals surface area contributed by atoms with Crippen LogP contribution in [0.3, 0.4) is 0 Å². The smallest absolute Gasteiger partial charge is 0.212 e. The van der Waals surface area contributed by atoms with Gasteiger partial charge in [-0.05, 0) is 18.4 Å². The van der Waals surface area contributed by atoms with Crippen LogP contribution in [0.15, 0.2) is 47.6 Å². The van der Waals surface area contributed by atoms with E-state index < -0.39 is 23.3 Å². The van der Waals surface area contributed by atoms with Crippen molar-refractivity contribution in [1.82, 2.24) is 14.8 Å². The molecule has 4 rings (SSSR count). The average molecular weight is 520 g/mol. The Labute approximate surface area is 177 Å². The van der Waals surface area contributed by atoms with Crippen molar-refractivity contribution in [3.05, 3.63) is 74.1 Å². The molecule has 0 unspecified atom stereocenters. The van der Waals surface area contributed by atoms with Crippen LogP contribution < -0.4 is 0 Å². The van der Waals surface area contributed by atoms with E-state index in [1.807, 2.05) is 47.0 Å². The summed E-state index contributed by atoms with van der Waals surface area (Å²) in [5.41, 5.74) is -0.0147. The monoisotopic (exact) mass is 519 g/mol. The summed E-state index contributed by atoms with van der Waals surface area (Å²) in [6.45, 7) is 0.234. The molecule has 27 heavy (non-hydrogen) atoms. The molecule has 9 heteroatoms. The maximum Gasteiger partial charge on any atom is 0.212 e. The summed E-state index contributed by atoms with van der Waals surface area (Å²) in [6, 6.07) is 10.8. The number of thioether (sulfide) groups is 1. The van der Waals surface area contributed by atoms with Gasteiger partial charge in [0.2, 0.25) is 3.83 Å². The maximum atomic E-state index is 14.7. The molecule has 1 aliphatic rings. The van der Waals surface area contributed by atoms with Gasteiger partial charge in [0, 0.05) is 44.8 Å². The van der Waals surface area contributed by atoms with Gasteiger partial charge in [-0.15, -0.1) is 5.10 Å². The third-order valence-corrected chi connectivity index (χ3v) is 5.92. The Morgan fingerprint density at radius 2 is 2.07 bits per heavy atom. The SMILES string of the molecule is CSc1nc(I)nn1C[C@@]1(c2ccc(F)cc2F)O[C@H]1c1ccccc1Cl. The molecule has 0 saturated carbocycles. The second-order valence-electron chi connectivity index (χ2n) is 6.06. The van der Waals surface area contributed by atoms with E-state index in [-0.39, 0.29) is 12.1 Å². The van der Waals surface area contributed by atoms with E-state index in [0.29, 0.717) is 14.0 Å². The first-order chi connectivity index (χ1) is 12.9. The fourth-order valence-corrected chi connectivity index (χ4v) is 4.58. The van der Waals surface area contributed by atoms with E-state index in [2.05, 4.69) is 10.1 Å². The molecule has 1 fully saturated rings. The molecule has 2 heterocycles. The van der Waals surface area contributed by atoms with Crippen molar-refractivity contribution >= 4 is 46.0 Å². The van der Waals surface area contributed by atoms with Crippen molar-refractivity contribution in [3.8, 4) is 0 Å². The molecule has 1 aromatic heterocycles. The predicted molar refractivity (Wildman–Crippen MR) is 108 cm³/mol. The molecule has 3 aromatic rings. The third kappa shape index (κ3) is 3.48. The number of rotatable bonds is 5. The lowest BCUT2D eigenvalue weighted by atomic mass is 9.91. The highest BCUT2D eigenvalue weighted by atomic mass is 127. The number of halogens is 4. The number of ether oxygens (including phenoxy) is 1. The second-order valence-corrected chi connectivity index (χ2v) is 8.20. The van der Waals surface area contributed by atoms with E-state index in [1.165, 1.54) is 23.9 Å². The van der Waals surface area contributed by atoms with Gasteiger partial charge in [0.15, 0.2) is 5.16 Å². The first-order valence-corrected chi connectivity index (χ1v) is 10.6. The minimum absolute atomic E-state index is 0.234. The lowest BCUT2D eigenvalue weighted by molar-refractivity contribution is 0.250. The maximum absolute atomic E-state index is 14.7. The van der Waals surface area contributed by atoms with Gasteiger partial charge in [-0.2, -0.15) is 4.98 Å². The molecule has 0 radical (unpaired) electrons. The highest BCUT2D eigenvalue weighted by molar-refractivity contribution is 14.1. The molecule has 0 spiro atoms. The van der Waals surface area contributed by atoms with E-state index in [4.69, 9.17) is 16.3 Å². The van der Waals surface area contributed by atoms with E-state index in [0.717, 1.165) is 11.6 Å². The molecule has 0 amide bonds. The van der Waals surface area contributed by atoms with Crippen LogP contribution in [0.4, 0.5) is 8.78 Å². The van der Waals surface area contributed by atoms with E-state index in [1.54, 1.807) is 10.7 Å². The topological polar surface area (TPSA) is 43.2 Å². The van der Waals surface area contributed by atoms with Crippen LogP contribution in [0.2, 0.25) is 5.02 Å². The van der Waals surface area contributed by atoms with Crippen LogP contribution in [-0.4, -0.2) is 21.0 Å². The number of hydrogen-bond donors (Lipinski definition) is 0. The molecule has 0 bridgehead atoms. The van der Waals surface area contributed by atoms with Crippen LogP contribution in [-0.2, 0) is 16.9 Å². The van der Waals surface area contributed by atoms with Crippen molar-refractivity contribution in [1.29, 1.82) is 0 Å². The summed E-state index contributed by atoms with van der Waals surface area (Å²) < 4.78 is 36.4. The summed E-state index contributed by atoms with van der Waals surface area (Å²) in [4.78, 5) is 4.35. The van der Waals surface area contributed by atoms with Crippen LogP contribution in [0.25, 0.3) is 0 Å². The van der Waals surface area contributed by atoms with Gasteiger partial charge < -0.3 is 4.74 Å². The van der Waals surface area contributed by atoms with Gasteiger partial charge >= 0.3 is 0 Å². The number of hydrogen-bond acceptors (Lipinski definition) is 4. The van der Waals surface area contributed by atoms with Crippen molar-refractivity contribution in [3.63, 3.8) is 0 Å². The zero-order valence-corrected chi connectivity index (χ0v) is 17.7. The summed E-state index contributed by atoms with van der Waals surface area (Å²) in [7, 11) is 0. The van der Waals surface area contributed by atoms with Crippen LogP contribution in [0.5, 0.6) is 0 Å². The zero-order chi connectivity index (χ0) is 19.2. The van der Waals surface area contributed by atoms with Crippen molar-refractivity contribution < 1.29 is 13.5 Å². The summed E-state index contributed by atoms with van der Waals surface area (Å²) in [5, 5.41) is 5.61. The van der Waals surface area contributed by atoms with Gasteiger partial charge in [0.05, 0.1) is 6.54 Å². The molecule has 4 nitrogen and oxygen atoms in total. The molecular weight excluding hydrogens is 507 g/mol. The fourth-order valence-electron chi connectivity index (χ4n) is 3.20. The molecule has 2 atom stereocenters. The predicted octanol–water partition coefficient (Wildman–Crippen LogP) is 5.20. The minimum atomic E-state index is -1.04.